The molecular formula is C20H25N7O2. The van der Waals surface area contributed by atoms with Gasteiger partial charge in [-0.1, -0.05) is 12.1 Å². The Balaban J connectivity index is 1.36. The van der Waals surface area contributed by atoms with E-state index >= 15 is 0 Å². The lowest BCUT2D eigenvalue weighted by atomic mass is 10.0. The van der Waals surface area contributed by atoms with E-state index in [-0.39, 0.29) is 12.2 Å². The van der Waals surface area contributed by atoms with E-state index in [0.717, 1.165) is 43.9 Å². The lowest BCUT2D eigenvalue weighted by Crippen LogP contribution is -2.36. The van der Waals surface area contributed by atoms with E-state index in [9.17, 15) is 0 Å². The maximum Gasteiger partial charge on any atom is 0.158 e. The van der Waals surface area contributed by atoms with Crippen molar-refractivity contribution < 1.29 is 9.47 Å². The van der Waals surface area contributed by atoms with Crippen molar-refractivity contribution in [1.29, 1.82) is 5.26 Å². The van der Waals surface area contributed by atoms with E-state index in [2.05, 4.69) is 49.7 Å². The normalized spacial score (nSPS) is 23.7. The first kappa shape index (κ1) is 19.5. The summed E-state index contributed by atoms with van der Waals surface area (Å²) in [5, 5.41) is 15.6. The fourth-order valence-corrected chi connectivity index (χ4v) is 3.60. The Morgan fingerprint density at radius 3 is 2.97 bits per heavy atom. The number of nitriles is 1. The molecule has 4 rings (SSSR count). The van der Waals surface area contributed by atoms with Gasteiger partial charge in [0, 0.05) is 31.2 Å². The summed E-state index contributed by atoms with van der Waals surface area (Å²) >= 11 is 0. The molecule has 1 aromatic carbocycles. The van der Waals surface area contributed by atoms with Crippen LogP contribution in [0.1, 0.15) is 35.7 Å². The molecule has 2 saturated heterocycles. The molecule has 2 aliphatic heterocycles. The number of benzene rings is 1. The van der Waals surface area contributed by atoms with Crippen LogP contribution < -0.4 is 26.2 Å². The Bertz CT molecular complexity index is 862. The van der Waals surface area contributed by atoms with Gasteiger partial charge in [0.25, 0.3) is 0 Å². The molecule has 0 spiro atoms. The summed E-state index contributed by atoms with van der Waals surface area (Å²) in [6, 6.07) is 8.83. The van der Waals surface area contributed by atoms with Crippen LogP contribution in [0.2, 0.25) is 0 Å². The van der Waals surface area contributed by atoms with Gasteiger partial charge in [0.2, 0.25) is 0 Å². The fourth-order valence-electron chi connectivity index (χ4n) is 3.60. The molecule has 0 amide bonds. The van der Waals surface area contributed by atoms with Crippen LogP contribution in [0.5, 0.6) is 5.75 Å². The molecule has 0 radical (unpaired) electrons. The number of hydrazine groups is 1. The van der Waals surface area contributed by atoms with Crippen LogP contribution in [-0.2, 0) is 11.3 Å². The minimum absolute atomic E-state index is 0.0179. The van der Waals surface area contributed by atoms with Gasteiger partial charge in [-0.3, -0.25) is 0 Å². The Hall–Kier alpha value is -2.77. The zero-order valence-corrected chi connectivity index (χ0v) is 16.3. The molecule has 2 fully saturated rings. The van der Waals surface area contributed by atoms with Crippen molar-refractivity contribution in [3.8, 4) is 11.8 Å². The standard InChI is InChI=1S/C20H25N7O2/c1-28-18-6-13(9-22-14-4-5-29-12-14)2-3-16(18)17-7-19(27-26-17)25-20-11-23-15(8-21)10-24-20/h2-3,6,10-11,14,17,19,22,26-27H,4-5,7,9,12H2,1H3,(H,24,25)/t14-,17?,19?/m0/s1. The third-order valence-electron chi connectivity index (χ3n) is 5.19. The molecule has 1 aromatic heterocycles. The molecule has 152 valence electrons. The van der Waals surface area contributed by atoms with E-state index in [1.807, 2.05) is 6.07 Å². The van der Waals surface area contributed by atoms with Crippen LogP contribution >= 0.6 is 0 Å². The van der Waals surface area contributed by atoms with Crippen molar-refractivity contribution >= 4 is 5.82 Å². The van der Waals surface area contributed by atoms with Gasteiger partial charge in [0.15, 0.2) is 5.69 Å². The zero-order valence-electron chi connectivity index (χ0n) is 16.3. The maximum absolute atomic E-state index is 8.81. The van der Waals surface area contributed by atoms with Crippen LogP contribution in [0, 0.1) is 11.3 Å². The first-order valence-corrected chi connectivity index (χ1v) is 9.73. The van der Waals surface area contributed by atoms with E-state index in [4.69, 9.17) is 14.7 Å². The SMILES string of the molecule is COc1cc(CN[C@H]2CCOC2)ccc1C1CC(Nc2cnc(C#N)cn2)NN1. The Labute approximate surface area is 169 Å². The third-order valence-corrected chi connectivity index (χ3v) is 5.19. The van der Waals surface area contributed by atoms with Crippen LogP contribution in [-0.4, -0.2) is 42.5 Å². The van der Waals surface area contributed by atoms with Crippen LogP contribution in [0.25, 0.3) is 0 Å². The summed E-state index contributed by atoms with van der Waals surface area (Å²) in [4.78, 5) is 8.24. The highest BCUT2D eigenvalue weighted by atomic mass is 16.5. The number of nitrogens with one attached hydrogen (secondary N) is 4. The summed E-state index contributed by atoms with van der Waals surface area (Å²) in [7, 11) is 1.70. The van der Waals surface area contributed by atoms with Gasteiger partial charge in [-0.05, 0) is 18.1 Å². The van der Waals surface area contributed by atoms with Gasteiger partial charge in [0.1, 0.15) is 17.6 Å². The Kier molecular flexibility index (Phi) is 6.17. The van der Waals surface area contributed by atoms with Gasteiger partial charge < -0.3 is 20.1 Å². The fraction of sp³-hybridized carbons (Fsp3) is 0.450. The van der Waals surface area contributed by atoms with E-state index in [0.29, 0.717) is 17.6 Å². The smallest absolute Gasteiger partial charge is 0.158 e. The molecule has 9 heteroatoms. The summed E-state index contributed by atoms with van der Waals surface area (Å²) in [6.45, 7) is 2.41. The molecule has 4 N–H and O–H groups in total. The van der Waals surface area contributed by atoms with Crippen LogP contribution in [0.3, 0.4) is 0 Å². The number of hydrogen-bond donors (Lipinski definition) is 4. The van der Waals surface area contributed by atoms with Crippen molar-refractivity contribution in [3.63, 3.8) is 0 Å². The summed E-state index contributed by atoms with van der Waals surface area (Å²) in [6.07, 6.45) is 4.86. The lowest BCUT2D eigenvalue weighted by Gasteiger charge is -2.17. The largest absolute Gasteiger partial charge is 0.496 e. The van der Waals surface area contributed by atoms with Crippen molar-refractivity contribution in [2.75, 3.05) is 25.6 Å². The van der Waals surface area contributed by atoms with Gasteiger partial charge in [0.05, 0.1) is 38.3 Å². The first-order chi connectivity index (χ1) is 14.2. The number of hydrogen-bond acceptors (Lipinski definition) is 9. The van der Waals surface area contributed by atoms with Crippen molar-refractivity contribution in [2.45, 2.75) is 37.6 Å². The molecule has 3 heterocycles. The van der Waals surface area contributed by atoms with Gasteiger partial charge >= 0.3 is 0 Å². The highest BCUT2D eigenvalue weighted by molar-refractivity contribution is 5.41. The van der Waals surface area contributed by atoms with E-state index < -0.39 is 0 Å². The number of aromatic nitrogens is 2. The van der Waals surface area contributed by atoms with E-state index in [1.54, 1.807) is 13.3 Å². The summed E-state index contributed by atoms with van der Waals surface area (Å²) < 4.78 is 11.1. The molecule has 3 atom stereocenters. The minimum atomic E-state index is -0.0179. The number of methoxy groups -OCH3 is 1. The minimum Gasteiger partial charge on any atom is -0.496 e. The van der Waals surface area contributed by atoms with Crippen molar-refractivity contribution in [2.24, 2.45) is 0 Å². The highest BCUT2D eigenvalue weighted by Crippen LogP contribution is 2.31. The molecule has 0 aliphatic carbocycles. The maximum atomic E-state index is 8.81. The van der Waals surface area contributed by atoms with Gasteiger partial charge in [-0.2, -0.15) is 5.26 Å². The summed E-state index contributed by atoms with van der Waals surface area (Å²) in [5.41, 5.74) is 9.13. The molecule has 2 aliphatic rings. The Morgan fingerprint density at radius 1 is 1.31 bits per heavy atom. The lowest BCUT2D eigenvalue weighted by molar-refractivity contribution is 0.190. The van der Waals surface area contributed by atoms with Crippen molar-refractivity contribution in [3.05, 3.63) is 47.4 Å². The Morgan fingerprint density at radius 2 is 2.24 bits per heavy atom. The quantitative estimate of drug-likeness (QED) is 0.549. The second-order valence-corrected chi connectivity index (χ2v) is 7.19. The number of nitrogens with zero attached hydrogens (tertiary/aromatic N) is 3. The summed E-state index contributed by atoms with van der Waals surface area (Å²) in [5.74, 6) is 1.48. The second-order valence-electron chi connectivity index (χ2n) is 7.19. The average molecular weight is 395 g/mol. The third kappa shape index (κ3) is 4.81. The predicted octanol–water partition coefficient (Wildman–Crippen LogP) is 1.21. The zero-order chi connectivity index (χ0) is 20.1. The monoisotopic (exact) mass is 395 g/mol. The van der Waals surface area contributed by atoms with E-state index in [1.165, 1.54) is 11.8 Å². The second kappa shape index (κ2) is 9.15. The average Bonchev–Trinajstić information content (AvgIpc) is 3.45. The first-order valence-electron chi connectivity index (χ1n) is 9.73. The number of anilines is 1. The molecule has 2 aromatic rings. The van der Waals surface area contributed by atoms with Crippen LogP contribution in [0.4, 0.5) is 5.82 Å². The number of ether oxygens (including phenoxy) is 2. The molecule has 2 unspecified atom stereocenters. The highest BCUT2D eigenvalue weighted by Gasteiger charge is 2.27. The number of rotatable bonds is 7. The van der Waals surface area contributed by atoms with Gasteiger partial charge in [-0.25, -0.2) is 20.8 Å². The van der Waals surface area contributed by atoms with Crippen LogP contribution in [0.15, 0.2) is 30.6 Å². The van der Waals surface area contributed by atoms with Crippen molar-refractivity contribution in [1.82, 2.24) is 26.1 Å². The molecule has 0 bridgehead atoms. The van der Waals surface area contributed by atoms with Gasteiger partial charge in [-0.15, -0.1) is 0 Å². The molecule has 0 saturated carbocycles. The predicted molar refractivity (Wildman–Crippen MR) is 107 cm³/mol. The molecule has 29 heavy (non-hydrogen) atoms. The topological polar surface area (TPSA) is 116 Å². The molecular weight excluding hydrogens is 370 g/mol. The molecule has 9 nitrogen and oxygen atoms in total.